The fraction of sp³-hybridized carbons (Fsp3) is 0.529. The first-order valence-corrected chi connectivity index (χ1v) is 7.95. The number of nitrogens with one attached hydrogen (secondary N) is 1. The minimum absolute atomic E-state index is 0.106. The summed E-state index contributed by atoms with van der Waals surface area (Å²) in [6.45, 7) is 1.14. The minimum atomic E-state index is -0.593. The zero-order chi connectivity index (χ0) is 15.6. The minimum Gasteiger partial charge on any atom is -0.389 e. The van der Waals surface area contributed by atoms with Gasteiger partial charge in [0.25, 0.3) is 5.56 Å². The van der Waals surface area contributed by atoms with E-state index in [1.54, 1.807) is 6.07 Å². The van der Waals surface area contributed by atoms with Crippen molar-refractivity contribution in [3.8, 4) is 0 Å². The van der Waals surface area contributed by atoms with Gasteiger partial charge in [-0.3, -0.25) is 9.69 Å². The molecule has 5 heteroatoms. The van der Waals surface area contributed by atoms with Crippen LogP contribution in [0, 0.1) is 0 Å². The fourth-order valence-electron chi connectivity index (χ4n) is 3.39. The summed E-state index contributed by atoms with van der Waals surface area (Å²) in [6.07, 6.45) is 5.12. The second kappa shape index (κ2) is 6.18. The molecule has 0 atom stereocenters. The number of aliphatic hydroxyl groups is 1. The number of aromatic amines is 1. The molecule has 0 unspecified atom stereocenters. The smallest absolute Gasteiger partial charge is 0.258 e. The molecule has 0 bridgehead atoms. The lowest BCUT2D eigenvalue weighted by Crippen LogP contribution is -2.43. The first-order chi connectivity index (χ1) is 10.6. The Hall–Kier alpha value is -1.72. The molecule has 0 spiro atoms. The molecule has 1 aliphatic carbocycles. The Balaban J connectivity index is 1.73. The van der Waals surface area contributed by atoms with Crippen LogP contribution in [-0.2, 0) is 6.54 Å². The van der Waals surface area contributed by atoms with Gasteiger partial charge >= 0.3 is 0 Å². The zero-order valence-corrected chi connectivity index (χ0v) is 13.0. The fourth-order valence-corrected chi connectivity index (χ4v) is 3.39. The molecule has 2 N–H and O–H groups in total. The summed E-state index contributed by atoms with van der Waals surface area (Å²) in [5.41, 5.74) is 0.0147. The van der Waals surface area contributed by atoms with E-state index in [0.717, 1.165) is 25.7 Å². The molecule has 0 radical (unpaired) electrons. The Kier molecular flexibility index (Phi) is 4.27. The molecular weight excluding hydrogens is 278 g/mol. The molecule has 22 heavy (non-hydrogen) atoms. The molecule has 1 aliphatic rings. The Morgan fingerprint density at radius 3 is 2.77 bits per heavy atom. The van der Waals surface area contributed by atoms with E-state index in [1.165, 1.54) is 6.42 Å². The van der Waals surface area contributed by atoms with Crippen molar-refractivity contribution in [1.29, 1.82) is 0 Å². The van der Waals surface area contributed by atoms with Crippen molar-refractivity contribution < 1.29 is 5.11 Å². The molecule has 0 amide bonds. The van der Waals surface area contributed by atoms with Crippen LogP contribution in [0.2, 0.25) is 0 Å². The van der Waals surface area contributed by atoms with Gasteiger partial charge in [0.2, 0.25) is 0 Å². The Morgan fingerprint density at radius 1 is 1.27 bits per heavy atom. The molecule has 0 saturated heterocycles. The Morgan fingerprint density at radius 2 is 2.00 bits per heavy atom. The summed E-state index contributed by atoms with van der Waals surface area (Å²) in [5.74, 6) is 0.644. The van der Waals surface area contributed by atoms with Gasteiger partial charge in [0.05, 0.1) is 23.0 Å². The lowest BCUT2D eigenvalue weighted by atomic mass is 9.84. The zero-order valence-electron chi connectivity index (χ0n) is 13.0. The molecule has 1 fully saturated rings. The van der Waals surface area contributed by atoms with Crippen molar-refractivity contribution in [1.82, 2.24) is 14.9 Å². The van der Waals surface area contributed by atoms with E-state index in [4.69, 9.17) is 0 Å². The number of rotatable bonds is 4. The second-order valence-electron chi connectivity index (χ2n) is 6.49. The maximum atomic E-state index is 12.1. The Labute approximate surface area is 130 Å². The highest BCUT2D eigenvalue weighted by atomic mass is 16.3. The maximum absolute atomic E-state index is 12.1. The number of hydrogen-bond donors (Lipinski definition) is 2. The van der Waals surface area contributed by atoms with Gasteiger partial charge in [0.1, 0.15) is 5.82 Å². The van der Waals surface area contributed by atoms with Crippen molar-refractivity contribution >= 4 is 10.9 Å². The topological polar surface area (TPSA) is 69.2 Å². The summed E-state index contributed by atoms with van der Waals surface area (Å²) < 4.78 is 0. The first kappa shape index (κ1) is 15.2. The number of fused-ring (bicyclic) bond motifs is 1. The van der Waals surface area contributed by atoms with Gasteiger partial charge in [0, 0.05) is 6.54 Å². The third-order valence-electron chi connectivity index (χ3n) is 4.43. The van der Waals surface area contributed by atoms with E-state index in [-0.39, 0.29) is 5.56 Å². The third-order valence-corrected chi connectivity index (χ3v) is 4.43. The second-order valence-corrected chi connectivity index (χ2v) is 6.49. The van der Waals surface area contributed by atoms with Gasteiger partial charge in [-0.15, -0.1) is 0 Å². The molecule has 3 rings (SSSR count). The van der Waals surface area contributed by atoms with Crippen molar-refractivity contribution in [2.24, 2.45) is 0 Å². The van der Waals surface area contributed by atoms with E-state index < -0.39 is 5.60 Å². The molecule has 5 nitrogen and oxygen atoms in total. The highest BCUT2D eigenvalue weighted by molar-refractivity contribution is 5.77. The number of benzene rings is 1. The number of H-pyrrole nitrogens is 1. The standard InChI is InChI=1S/C17H23N3O2/c1-20(12-17(22)9-5-2-6-10-17)11-15-18-14-8-4-3-7-13(14)16(21)19-15/h3-4,7-8,22H,2,5-6,9-12H2,1H3,(H,18,19,21). The van der Waals surface area contributed by atoms with Crippen LogP contribution in [0.25, 0.3) is 10.9 Å². The number of likely N-dealkylation sites (N-methyl/N-ethyl adjacent to an activating group) is 1. The van der Waals surface area contributed by atoms with Gasteiger partial charge in [-0.25, -0.2) is 4.98 Å². The van der Waals surface area contributed by atoms with Crippen LogP contribution in [0.3, 0.4) is 0 Å². The summed E-state index contributed by atoms with van der Waals surface area (Å²) in [5, 5.41) is 11.2. The van der Waals surface area contributed by atoms with Crippen LogP contribution in [0.15, 0.2) is 29.1 Å². The van der Waals surface area contributed by atoms with Crippen LogP contribution in [-0.4, -0.2) is 39.2 Å². The van der Waals surface area contributed by atoms with E-state index in [2.05, 4.69) is 9.97 Å². The van der Waals surface area contributed by atoms with Crippen LogP contribution < -0.4 is 5.56 Å². The molecule has 1 heterocycles. The molecular formula is C17H23N3O2. The number of aromatic nitrogens is 2. The summed E-state index contributed by atoms with van der Waals surface area (Å²) in [4.78, 5) is 21.5. The van der Waals surface area contributed by atoms with E-state index >= 15 is 0 Å². The molecule has 1 saturated carbocycles. The Bertz CT molecular complexity index is 704. The van der Waals surface area contributed by atoms with Gasteiger partial charge in [0.15, 0.2) is 0 Å². The molecule has 2 aromatic rings. The molecule has 118 valence electrons. The molecule has 0 aliphatic heterocycles. The predicted molar refractivity (Wildman–Crippen MR) is 86.7 cm³/mol. The SMILES string of the molecule is CN(Cc1nc2ccccc2c(=O)[nH]1)CC1(O)CCCCC1. The van der Waals surface area contributed by atoms with Gasteiger partial charge in [-0.2, -0.15) is 0 Å². The van der Waals surface area contributed by atoms with Crippen LogP contribution in [0.1, 0.15) is 37.9 Å². The number of hydrogen-bond acceptors (Lipinski definition) is 4. The van der Waals surface area contributed by atoms with Gasteiger partial charge in [-0.05, 0) is 32.0 Å². The first-order valence-electron chi connectivity index (χ1n) is 7.95. The van der Waals surface area contributed by atoms with E-state index in [0.29, 0.717) is 29.8 Å². The quantitative estimate of drug-likeness (QED) is 0.907. The van der Waals surface area contributed by atoms with Crippen molar-refractivity contribution in [2.45, 2.75) is 44.2 Å². The predicted octanol–water partition coefficient (Wildman–Crippen LogP) is 2.05. The number of para-hydroxylation sites is 1. The van der Waals surface area contributed by atoms with Crippen LogP contribution >= 0.6 is 0 Å². The van der Waals surface area contributed by atoms with Gasteiger partial charge in [-0.1, -0.05) is 31.4 Å². The van der Waals surface area contributed by atoms with E-state index in [1.807, 2.05) is 30.1 Å². The summed E-state index contributed by atoms with van der Waals surface area (Å²) in [7, 11) is 1.96. The third kappa shape index (κ3) is 3.36. The number of nitrogens with zero attached hydrogens (tertiary/aromatic N) is 2. The lowest BCUT2D eigenvalue weighted by molar-refractivity contribution is -0.0227. The van der Waals surface area contributed by atoms with Crippen molar-refractivity contribution in [2.75, 3.05) is 13.6 Å². The van der Waals surface area contributed by atoms with E-state index in [9.17, 15) is 9.90 Å². The monoisotopic (exact) mass is 301 g/mol. The average Bonchev–Trinajstić information content (AvgIpc) is 2.47. The highest BCUT2D eigenvalue weighted by Gasteiger charge is 2.30. The molecule has 1 aromatic heterocycles. The molecule has 1 aromatic carbocycles. The van der Waals surface area contributed by atoms with Crippen LogP contribution in [0.5, 0.6) is 0 Å². The van der Waals surface area contributed by atoms with Crippen molar-refractivity contribution in [3.05, 3.63) is 40.4 Å². The maximum Gasteiger partial charge on any atom is 0.258 e. The lowest BCUT2D eigenvalue weighted by Gasteiger charge is -2.35. The average molecular weight is 301 g/mol. The normalized spacial score (nSPS) is 18.0. The summed E-state index contributed by atoms with van der Waals surface area (Å²) in [6, 6.07) is 7.35. The summed E-state index contributed by atoms with van der Waals surface area (Å²) >= 11 is 0. The highest BCUT2D eigenvalue weighted by Crippen LogP contribution is 2.28. The van der Waals surface area contributed by atoms with Crippen molar-refractivity contribution in [3.63, 3.8) is 0 Å². The largest absolute Gasteiger partial charge is 0.389 e. The van der Waals surface area contributed by atoms with Gasteiger partial charge < -0.3 is 10.1 Å². The van der Waals surface area contributed by atoms with Crippen LogP contribution in [0.4, 0.5) is 0 Å².